The van der Waals surface area contributed by atoms with E-state index in [4.69, 9.17) is 4.74 Å². The van der Waals surface area contributed by atoms with Gasteiger partial charge in [-0.3, -0.25) is 9.59 Å². The Kier molecular flexibility index (Phi) is 8.75. The molecule has 0 fully saturated rings. The fourth-order valence-electron chi connectivity index (χ4n) is 2.41. The monoisotopic (exact) mass is 284 g/mol. The van der Waals surface area contributed by atoms with E-state index in [0.717, 1.165) is 6.42 Å². The predicted molar refractivity (Wildman–Crippen MR) is 82.4 cm³/mol. The Hall–Kier alpha value is -0.860. The van der Waals surface area contributed by atoms with Crippen molar-refractivity contribution in [1.82, 2.24) is 0 Å². The Morgan fingerprint density at radius 3 is 1.60 bits per heavy atom. The molecule has 0 aliphatic heterocycles. The van der Waals surface area contributed by atoms with E-state index in [2.05, 4.69) is 27.7 Å². The molecule has 0 aromatic carbocycles. The van der Waals surface area contributed by atoms with Crippen molar-refractivity contribution < 1.29 is 14.3 Å². The third-order valence-electron chi connectivity index (χ3n) is 3.32. The van der Waals surface area contributed by atoms with Crippen LogP contribution in [0.4, 0.5) is 0 Å². The highest BCUT2D eigenvalue weighted by Crippen LogP contribution is 2.28. The van der Waals surface area contributed by atoms with Crippen LogP contribution in [0, 0.1) is 29.6 Å². The van der Waals surface area contributed by atoms with E-state index in [1.807, 2.05) is 13.8 Å². The zero-order valence-electron chi connectivity index (χ0n) is 14.2. The number of hydrogen-bond donors (Lipinski definition) is 0. The van der Waals surface area contributed by atoms with Gasteiger partial charge in [-0.25, -0.2) is 0 Å². The molecule has 0 rings (SSSR count). The minimum Gasteiger partial charge on any atom is -0.465 e. The van der Waals surface area contributed by atoms with Gasteiger partial charge in [0.2, 0.25) is 0 Å². The number of rotatable bonds is 9. The standard InChI is InChI=1S/C17H32O3/c1-11(2)8-15(14(7)18)16(9-12(3)4)17(19)20-10-13(5)6/h11-13,15-16H,8-10H2,1-7H3. The van der Waals surface area contributed by atoms with Gasteiger partial charge in [-0.05, 0) is 37.5 Å². The molecule has 0 aromatic rings. The summed E-state index contributed by atoms with van der Waals surface area (Å²) in [7, 11) is 0. The molecule has 2 unspecified atom stereocenters. The Morgan fingerprint density at radius 2 is 1.25 bits per heavy atom. The minimum absolute atomic E-state index is 0.103. The summed E-state index contributed by atoms with van der Waals surface area (Å²) in [6.45, 7) is 14.4. The second-order valence-electron chi connectivity index (χ2n) is 7.11. The number of carbonyl (C=O) groups excluding carboxylic acids is 2. The molecular formula is C17H32O3. The zero-order valence-corrected chi connectivity index (χ0v) is 14.2. The van der Waals surface area contributed by atoms with Crippen molar-refractivity contribution in [2.75, 3.05) is 6.61 Å². The van der Waals surface area contributed by atoms with Crippen LogP contribution >= 0.6 is 0 Å². The van der Waals surface area contributed by atoms with Crippen molar-refractivity contribution in [3.8, 4) is 0 Å². The van der Waals surface area contributed by atoms with Crippen molar-refractivity contribution in [3.63, 3.8) is 0 Å². The van der Waals surface area contributed by atoms with Gasteiger partial charge in [-0.2, -0.15) is 0 Å². The fraction of sp³-hybridized carbons (Fsp3) is 0.882. The molecule has 0 heterocycles. The van der Waals surface area contributed by atoms with E-state index >= 15 is 0 Å². The lowest BCUT2D eigenvalue weighted by molar-refractivity contribution is -0.154. The Labute approximate surface area is 124 Å². The lowest BCUT2D eigenvalue weighted by atomic mass is 9.78. The molecule has 2 atom stereocenters. The normalized spacial score (nSPS) is 14.7. The molecule has 0 spiro atoms. The van der Waals surface area contributed by atoms with Gasteiger partial charge >= 0.3 is 5.97 Å². The van der Waals surface area contributed by atoms with Gasteiger partial charge in [0.25, 0.3) is 0 Å². The lowest BCUT2D eigenvalue weighted by Gasteiger charge is -2.26. The molecule has 3 nitrogen and oxygen atoms in total. The average molecular weight is 284 g/mol. The zero-order chi connectivity index (χ0) is 15.9. The summed E-state index contributed by atoms with van der Waals surface area (Å²) in [6, 6.07) is 0. The molecule has 118 valence electrons. The molecule has 0 saturated carbocycles. The van der Waals surface area contributed by atoms with E-state index in [9.17, 15) is 9.59 Å². The van der Waals surface area contributed by atoms with Crippen LogP contribution in [-0.2, 0) is 14.3 Å². The number of esters is 1. The van der Waals surface area contributed by atoms with Crippen molar-refractivity contribution >= 4 is 11.8 Å². The first-order chi connectivity index (χ1) is 9.15. The van der Waals surface area contributed by atoms with Crippen LogP contribution in [0.5, 0.6) is 0 Å². The highest BCUT2D eigenvalue weighted by molar-refractivity contribution is 5.85. The summed E-state index contributed by atoms with van der Waals surface area (Å²) in [5.41, 5.74) is 0. The van der Waals surface area contributed by atoms with Gasteiger partial charge in [0.15, 0.2) is 0 Å². The summed E-state index contributed by atoms with van der Waals surface area (Å²) in [5.74, 6) is 0.487. The molecule has 0 amide bonds. The van der Waals surface area contributed by atoms with Crippen LogP contribution in [0.2, 0.25) is 0 Å². The Morgan fingerprint density at radius 1 is 0.800 bits per heavy atom. The second-order valence-corrected chi connectivity index (χ2v) is 7.11. The van der Waals surface area contributed by atoms with E-state index in [1.54, 1.807) is 6.92 Å². The maximum atomic E-state index is 12.3. The first kappa shape index (κ1) is 19.1. The Bertz CT molecular complexity index is 305. The molecular weight excluding hydrogens is 252 g/mol. The van der Waals surface area contributed by atoms with Crippen LogP contribution in [-0.4, -0.2) is 18.4 Å². The van der Waals surface area contributed by atoms with E-state index in [1.165, 1.54) is 0 Å². The summed E-state index contributed by atoms with van der Waals surface area (Å²) in [6.07, 6.45) is 1.47. The fourth-order valence-corrected chi connectivity index (χ4v) is 2.41. The molecule has 0 N–H and O–H groups in total. The van der Waals surface area contributed by atoms with Crippen molar-refractivity contribution in [2.24, 2.45) is 29.6 Å². The van der Waals surface area contributed by atoms with Crippen LogP contribution < -0.4 is 0 Å². The maximum absolute atomic E-state index is 12.3. The molecule has 0 radical (unpaired) electrons. The van der Waals surface area contributed by atoms with Gasteiger partial charge < -0.3 is 4.74 Å². The first-order valence-corrected chi connectivity index (χ1v) is 7.82. The van der Waals surface area contributed by atoms with E-state index < -0.39 is 0 Å². The molecule has 0 aliphatic rings. The third-order valence-corrected chi connectivity index (χ3v) is 3.32. The van der Waals surface area contributed by atoms with Crippen LogP contribution in [0.15, 0.2) is 0 Å². The first-order valence-electron chi connectivity index (χ1n) is 7.82. The number of ether oxygens (including phenoxy) is 1. The van der Waals surface area contributed by atoms with Crippen LogP contribution in [0.1, 0.15) is 61.3 Å². The van der Waals surface area contributed by atoms with Crippen molar-refractivity contribution in [1.29, 1.82) is 0 Å². The number of hydrogen-bond acceptors (Lipinski definition) is 3. The largest absolute Gasteiger partial charge is 0.465 e. The highest BCUT2D eigenvalue weighted by atomic mass is 16.5. The van der Waals surface area contributed by atoms with Gasteiger partial charge in [-0.15, -0.1) is 0 Å². The van der Waals surface area contributed by atoms with Gasteiger partial charge in [0.1, 0.15) is 5.78 Å². The Balaban J connectivity index is 4.97. The lowest BCUT2D eigenvalue weighted by Crippen LogP contribution is -2.33. The average Bonchev–Trinajstić information content (AvgIpc) is 2.29. The third kappa shape index (κ3) is 7.66. The summed E-state index contributed by atoms with van der Waals surface area (Å²) in [4.78, 5) is 24.3. The second kappa shape index (κ2) is 9.15. The summed E-state index contributed by atoms with van der Waals surface area (Å²) >= 11 is 0. The molecule has 0 bridgehead atoms. The van der Waals surface area contributed by atoms with E-state index in [0.29, 0.717) is 30.8 Å². The van der Waals surface area contributed by atoms with Crippen LogP contribution in [0.3, 0.4) is 0 Å². The summed E-state index contributed by atoms with van der Waals surface area (Å²) < 4.78 is 5.39. The van der Waals surface area contributed by atoms with Gasteiger partial charge in [0, 0.05) is 5.92 Å². The molecule has 0 aliphatic carbocycles. The minimum atomic E-state index is -0.298. The predicted octanol–water partition coefficient (Wildman–Crippen LogP) is 4.10. The quantitative estimate of drug-likeness (QED) is 0.599. The van der Waals surface area contributed by atoms with Crippen molar-refractivity contribution in [2.45, 2.75) is 61.3 Å². The molecule has 20 heavy (non-hydrogen) atoms. The SMILES string of the molecule is CC(=O)C(CC(C)C)C(CC(C)C)C(=O)OCC(C)C. The summed E-state index contributed by atoms with van der Waals surface area (Å²) in [5, 5.41) is 0. The maximum Gasteiger partial charge on any atom is 0.309 e. The topological polar surface area (TPSA) is 43.4 Å². The van der Waals surface area contributed by atoms with E-state index in [-0.39, 0.29) is 23.6 Å². The number of carbonyl (C=O) groups is 2. The van der Waals surface area contributed by atoms with Crippen molar-refractivity contribution in [3.05, 3.63) is 0 Å². The molecule has 0 saturated heterocycles. The number of ketones is 1. The van der Waals surface area contributed by atoms with Gasteiger partial charge in [-0.1, -0.05) is 41.5 Å². The van der Waals surface area contributed by atoms with Gasteiger partial charge in [0.05, 0.1) is 12.5 Å². The smallest absolute Gasteiger partial charge is 0.309 e. The number of Topliss-reactive ketones (excluding diaryl/α,β-unsaturated/α-hetero) is 1. The van der Waals surface area contributed by atoms with Crippen LogP contribution in [0.25, 0.3) is 0 Å². The molecule has 0 aromatic heterocycles. The highest BCUT2D eigenvalue weighted by Gasteiger charge is 2.33. The molecule has 3 heteroatoms.